The molecule has 1 fully saturated rings. The highest BCUT2D eigenvalue weighted by molar-refractivity contribution is 7.89. The van der Waals surface area contributed by atoms with E-state index in [2.05, 4.69) is 15.1 Å². The molecule has 22 heavy (non-hydrogen) atoms. The third kappa shape index (κ3) is 2.74. The molecule has 0 radical (unpaired) electrons. The first-order valence-electron chi connectivity index (χ1n) is 6.77. The summed E-state index contributed by atoms with van der Waals surface area (Å²) in [6.45, 7) is 1.34. The monoisotopic (exact) mass is 325 g/mol. The Morgan fingerprint density at radius 3 is 2.82 bits per heavy atom. The van der Waals surface area contributed by atoms with Gasteiger partial charge in [0.25, 0.3) is 15.9 Å². The number of carbonyl (C=O) groups is 1. The van der Waals surface area contributed by atoms with Gasteiger partial charge in [0, 0.05) is 32.2 Å². The molecule has 0 atom stereocenters. The van der Waals surface area contributed by atoms with Crippen molar-refractivity contribution in [3.05, 3.63) is 30.5 Å². The molecule has 0 spiro atoms. The molecular formula is C12H15N5O4S. The van der Waals surface area contributed by atoms with Crippen molar-refractivity contribution in [2.75, 3.05) is 26.2 Å². The molecule has 0 aliphatic carbocycles. The van der Waals surface area contributed by atoms with Crippen LogP contribution in [0, 0.1) is 0 Å². The first kappa shape index (κ1) is 14.7. The molecule has 3 heterocycles. The first-order chi connectivity index (χ1) is 10.6. The number of aromatic amines is 1. The molecule has 2 aromatic rings. The van der Waals surface area contributed by atoms with Gasteiger partial charge in [-0.2, -0.15) is 4.31 Å². The molecular weight excluding hydrogens is 310 g/mol. The molecule has 1 aliphatic heterocycles. The second-order valence-electron chi connectivity index (χ2n) is 4.84. The van der Waals surface area contributed by atoms with Crippen molar-refractivity contribution in [2.45, 2.75) is 11.4 Å². The minimum absolute atomic E-state index is 0.0579. The number of aromatic nitrogens is 3. The number of carbonyl (C=O) groups excluding carboxylic acids is 1. The van der Waals surface area contributed by atoms with Crippen LogP contribution in [-0.2, 0) is 10.0 Å². The van der Waals surface area contributed by atoms with Crippen LogP contribution in [0.5, 0.6) is 0 Å². The molecule has 10 heteroatoms. The summed E-state index contributed by atoms with van der Waals surface area (Å²) in [7, 11) is -3.60. The molecule has 0 aromatic carbocycles. The fraction of sp³-hybridized carbons (Fsp3) is 0.417. The highest BCUT2D eigenvalue weighted by Crippen LogP contribution is 2.16. The lowest BCUT2D eigenvalue weighted by atomic mass is 10.3. The van der Waals surface area contributed by atoms with Crippen molar-refractivity contribution in [3.63, 3.8) is 0 Å². The summed E-state index contributed by atoms with van der Waals surface area (Å²) in [5.74, 6) is -0.122. The fourth-order valence-electron chi connectivity index (χ4n) is 2.34. The van der Waals surface area contributed by atoms with Gasteiger partial charge < -0.3 is 14.4 Å². The molecule has 1 amide bonds. The van der Waals surface area contributed by atoms with Gasteiger partial charge in [-0.25, -0.2) is 13.4 Å². The Morgan fingerprint density at radius 2 is 2.14 bits per heavy atom. The average Bonchev–Trinajstić information content (AvgIpc) is 3.16. The van der Waals surface area contributed by atoms with Crippen LogP contribution in [-0.4, -0.2) is 64.8 Å². The van der Waals surface area contributed by atoms with Gasteiger partial charge in [-0.15, -0.1) is 0 Å². The van der Waals surface area contributed by atoms with E-state index in [1.807, 2.05) is 0 Å². The summed E-state index contributed by atoms with van der Waals surface area (Å²) >= 11 is 0. The molecule has 2 aromatic heterocycles. The van der Waals surface area contributed by atoms with Gasteiger partial charge >= 0.3 is 0 Å². The number of amides is 1. The van der Waals surface area contributed by atoms with Crippen molar-refractivity contribution in [3.8, 4) is 0 Å². The van der Waals surface area contributed by atoms with Crippen LogP contribution in [0.2, 0.25) is 0 Å². The Balaban J connectivity index is 1.72. The molecule has 1 aliphatic rings. The Morgan fingerprint density at radius 1 is 1.27 bits per heavy atom. The number of H-pyrrole nitrogens is 1. The van der Waals surface area contributed by atoms with Crippen LogP contribution in [0.15, 0.2) is 34.3 Å². The van der Waals surface area contributed by atoms with E-state index in [1.165, 1.54) is 29.1 Å². The van der Waals surface area contributed by atoms with E-state index >= 15 is 0 Å². The molecule has 0 saturated carbocycles. The Hall–Kier alpha value is -2.20. The normalized spacial score (nSPS) is 17.4. The summed E-state index contributed by atoms with van der Waals surface area (Å²) in [5, 5.41) is 3.57. The van der Waals surface area contributed by atoms with Crippen LogP contribution in [0.3, 0.4) is 0 Å². The zero-order chi connectivity index (χ0) is 15.6. The summed E-state index contributed by atoms with van der Waals surface area (Å²) in [6.07, 6.45) is 4.55. The van der Waals surface area contributed by atoms with E-state index in [0.29, 0.717) is 26.1 Å². The zero-order valence-electron chi connectivity index (χ0n) is 11.7. The summed E-state index contributed by atoms with van der Waals surface area (Å²) in [5.41, 5.74) is 0. The lowest BCUT2D eigenvalue weighted by Crippen LogP contribution is -2.37. The van der Waals surface area contributed by atoms with Crippen LogP contribution >= 0.6 is 0 Å². The molecule has 0 bridgehead atoms. The van der Waals surface area contributed by atoms with Crippen molar-refractivity contribution in [2.24, 2.45) is 0 Å². The van der Waals surface area contributed by atoms with Gasteiger partial charge in [-0.05, 0) is 6.42 Å². The topological polar surface area (TPSA) is 112 Å². The largest absolute Gasteiger partial charge is 0.351 e. The van der Waals surface area contributed by atoms with Crippen molar-refractivity contribution in [1.82, 2.24) is 24.3 Å². The predicted molar refractivity (Wildman–Crippen MR) is 74.4 cm³/mol. The highest BCUT2D eigenvalue weighted by atomic mass is 32.2. The van der Waals surface area contributed by atoms with Gasteiger partial charge in [-0.3, -0.25) is 4.79 Å². The minimum Gasteiger partial charge on any atom is -0.351 e. The number of nitrogens with one attached hydrogen (secondary N) is 1. The molecule has 3 rings (SSSR count). The van der Waals surface area contributed by atoms with Gasteiger partial charge in [0.2, 0.25) is 5.76 Å². The lowest BCUT2D eigenvalue weighted by molar-refractivity contribution is 0.0722. The zero-order valence-corrected chi connectivity index (χ0v) is 12.5. The van der Waals surface area contributed by atoms with E-state index in [1.54, 1.807) is 4.90 Å². The molecule has 118 valence electrons. The number of rotatable bonds is 3. The first-order valence-corrected chi connectivity index (χ1v) is 8.21. The number of hydrogen-bond acceptors (Lipinski definition) is 6. The maximum atomic E-state index is 12.4. The van der Waals surface area contributed by atoms with E-state index < -0.39 is 10.0 Å². The maximum absolute atomic E-state index is 12.4. The summed E-state index contributed by atoms with van der Waals surface area (Å²) in [4.78, 5) is 20.1. The Kier molecular flexibility index (Phi) is 3.94. The second-order valence-corrected chi connectivity index (χ2v) is 6.75. The van der Waals surface area contributed by atoms with E-state index in [4.69, 9.17) is 4.52 Å². The quantitative estimate of drug-likeness (QED) is 0.845. The minimum atomic E-state index is -3.60. The molecule has 1 saturated heterocycles. The van der Waals surface area contributed by atoms with Crippen LogP contribution in [0.25, 0.3) is 0 Å². The SMILES string of the molecule is O=C(c1ccno1)N1CCCN(S(=O)(=O)c2cnc[nH]2)CC1. The van der Waals surface area contributed by atoms with Crippen molar-refractivity contribution < 1.29 is 17.7 Å². The van der Waals surface area contributed by atoms with Gasteiger partial charge in [0.15, 0.2) is 5.03 Å². The number of nitrogens with zero attached hydrogens (tertiary/aromatic N) is 4. The Bertz CT molecular complexity index is 726. The highest BCUT2D eigenvalue weighted by Gasteiger charge is 2.30. The van der Waals surface area contributed by atoms with Crippen molar-refractivity contribution >= 4 is 15.9 Å². The second kappa shape index (κ2) is 5.89. The van der Waals surface area contributed by atoms with Crippen LogP contribution < -0.4 is 0 Å². The average molecular weight is 325 g/mol. The van der Waals surface area contributed by atoms with Crippen LogP contribution in [0.4, 0.5) is 0 Å². The smallest absolute Gasteiger partial charge is 0.292 e. The summed E-state index contributed by atoms with van der Waals surface area (Å²) in [6, 6.07) is 1.49. The number of sulfonamides is 1. The van der Waals surface area contributed by atoms with Gasteiger partial charge in [0.1, 0.15) is 0 Å². The van der Waals surface area contributed by atoms with Gasteiger partial charge in [0.05, 0.1) is 18.7 Å². The maximum Gasteiger partial charge on any atom is 0.292 e. The number of hydrogen-bond donors (Lipinski definition) is 1. The molecule has 9 nitrogen and oxygen atoms in total. The predicted octanol–water partition coefficient (Wildman–Crippen LogP) is -0.0655. The van der Waals surface area contributed by atoms with E-state index in [-0.39, 0.29) is 23.2 Å². The third-order valence-corrected chi connectivity index (χ3v) is 5.31. The van der Waals surface area contributed by atoms with Crippen LogP contribution in [0.1, 0.15) is 17.0 Å². The standard InChI is InChI=1S/C12H15N5O4S/c18-12(10-2-3-15-21-10)16-4-1-5-17(7-6-16)22(19,20)11-8-13-9-14-11/h2-3,8-9H,1,4-7H2,(H,13,14). The third-order valence-electron chi connectivity index (χ3n) is 3.48. The molecule has 0 unspecified atom stereocenters. The fourth-order valence-corrected chi connectivity index (χ4v) is 3.71. The van der Waals surface area contributed by atoms with E-state index in [0.717, 1.165) is 0 Å². The van der Waals surface area contributed by atoms with E-state index in [9.17, 15) is 13.2 Å². The van der Waals surface area contributed by atoms with Crippen molar-refractivity contribution in [1.29, 1.82) is 0 Å². The Labute approximate surface area is 127 Å². The van der Waals surface area contributed by atoms with Gasteiger partial charge in [-0.1, -0.05) is 5.16 Å². The lowest BCUT2D eigenvalue weighted by Gasteiger charge is -2.20. The molecule has 1 N–H and O–H groups in total. The number of imidazole rings is 1. The summed E-state index contributed by atoms with van der Waals surface area (Å²) < 4.78 is 31.1.